The van der Waals surface area contributed by atoms with Crippen LogP contribution in [0.15, 0.2) is 0 Å². The van der Waals surface area contributed by atoms with Crippen LogP contribution >= 0.6 is 0 Å². The van der Waals surface area contributed by atoms with Crippen molar-refractivity contribution < 1.29 is 14.6 Å². The lowest BCUT2D eigenvalue weighted by Gasteiger charge is -2.10. The zero-order chi connectivity index (χ0) is 8.55. The van der Waals surface area contributed by atoms with Crippen LogP contribution in [0, 0.1) is 5.92 Å². The predicted molar refractivity (Wildman–Crippen MR) is 41.8 cm³/mol. The van der Waals surface area contributed by atoms with Gasteiger partial charge in [0.1, 0.15) is 0 Å². The number of nitrogens with one attached hydrogen (secondary N) is 1. The minimum atomic E-state index is -1.17. The molecule has 3 atom stereocenters. The molecule has 0 amide bonds. The zero-order valence-electron chi connectivity index (χ0n) is 6.82. The predicted octanol–water partition coefficient (Wildman–Crippen LogP) is 1.17. The maximum absolute atomic E-state index is 10.2. The van der Waals surface area contributed by atoms with Crippen molar-refractivity contribution in [2.45, 2.75) is 38.0 Å². The van der Waals surface area contributed by atoms with Crippen LogP contribution in [0.1, 0.15) is 25.7 Å². The van der Waals surface area contributed by atoms with Crippen molar-refractivity contribution in [1.82, 2.24) is 5.32 Å². The van der Waals surface area contributed by atoms with Crippen molar-refractivity contribution in [3.63, 3.8) is 0 Å². The summed E-state index contributed by atoms with van der Waals surface area (Å²) < 4.78 is 4.65. The fraction of sp³-hybridized carbons (Fsp3) is 0.875. The number of fused-ring (bicyclic) bond motifs is 1. The molecular weight excluding hydrogens is 158 g/mol. The first-order chi connectivity index (χ1) is 5.75. The maximum atomic E-state index is 10.2. The Hall–Kier alpha value is -0.770. The molecule has 0 aromatic rings. The average Bonchev–Trinajstić information content (AvgIpc) is 2.43. The minimum absolute atomic E-state index is 0.252. The number of hydrogen-bond donors (Lipinski definition) is 2. The molecule has 4 nitrogen and oxygen atoms in total. The number of carboxylic acid groups (broad SMARTS) is 1. The van der Waals surface area contributed by atoms with Gasteiger partial charge in [-0.05, 0) is 18.8 Å². The first kappa shape index (κ1) is 7.86. The lowest BCUT2D eigenvalue weighted by atomic mass is 10.0. The number of rotatable bonds is 1. The Labute approximate surface area is 70.9 Å². The standard InChI is InChI=1S/C8H13NO3/c10-8(11)12-7-4-5-2-1-3-6(5)9-7/h5-7,9H,1-4H2,(H,10,11)/t5-,6?,7?/m0/s1. The summed E-state index contributed by atoms with van der Waals surface area (Å²) in [6.45, 7) is 0. The van der Waals surface area contributed by atoms with Gasteiger partial charge in [0, 0.05) is 12.5 Å². The highest BCUT2D eigenvalue weighted by molar-refractivity contribution is 5.57. The molecule has 2 rings (SSSR count). The van der Waals surface area contributed by atoms with Gasteiger partial charge in [0.25, 0.3) is 0 Å². The quantitative estimate of drug-likeness (QED) is 0.581. The first-order valence-electron chi connectivity index (χ1n) is 4.41. The van der Waals surface area contributed by atoms with Gasteiger partial charge < -0.3 is 9.84 Å². The van der Waals surface area contributed by atoms with E-state index in [1.54, 1.807) is 0 Å². The Morgan fingerprint density at radius 1 is 1.50 bits per heavy atom. The van der Waals surface area contributed by atoms with Gasteiger partial charge in [0.2, 0.25) is 0 Å². The van der Waals surface area contributed by atoms with E-state index < -0.39 is 6.16 Å². The van der Waals surface area contributed by atoms with E-state index in [0.717, 1.165) is 6.42 Å². The maximum Gasteiger partial charge on any atom is 0.507 e. The van der Waals surface area contributed by atoms with E-state index in [1.807, 2.05) is 0 Å². The van der Waals surface area contributed by atoms with E-state index in [4.69, 9.17) is 5.11 Å². The van der Waals surface area contributed by atoms with Gasteiger partial charge >= 0.3 is 6.16 Å². The third kappa shape index (κ3) is 1.39. The summed E-state index contributed by atoms with van der Waals surface area (Å²) in [7, 11) is 0. The molecule has 1 heterocycles. The molecule has 0 aromatic carbocycles. The average molecular weight is 171 g/mol. The van der Waals surface area contributed by atoms with Gasteiger partial charge in [0.05, 0.1) is 0 Å². The highest BCUT2D eigenvalue weighted by Crippen LogP contribution is 2.34. The molecule has 2 unspecified atom stereocenters. The summed E-state index contributed by atoms with van der Waals surface area (Å²) in [6, 6.07) is 0.509. The minimum Gasteiger partial charge on any atom is -0.450 e. The molecule has 1 aliphatic carbocycles. The highest BCUT2D eigenvalue weighted by atomic mass is 16.7. The highest BCUT2D eigenvalue weighted by Gasteiger charge is 2.38. The van der Waals surface area contributed by atoms with E-state index in [9.17, 15) is 4.79 Å². The van der Waals surface area contributed by atoms with Gasteiger partial charge in [-0.3, -0.25) is 5.32 Å². The Morgan fingerprint density at radius 2 is 2.33 bits per heavy atom. The molecule has 12 heavy (non-hydrogen) atoms. The Kier molecular flexibility index (Phi) is 1.92. The second kappa shape index (κ2) is 2.94. The van der Waals surface area contributed by atoms with E-state index in [2.05, 4.69) is 10.1 Å². The number of hydrogen-bond acceptors (Lipinski definition) is 3. The smallest absolute Gasteiger partial charge is 0.450 e. The summed E-state index contributed by atoms with van der Waals surface area (Å²) in [4.78, 5) is 10.2. The summed E-state index contributed by atoms with van der Waals surface area (Å²) in [5.74, 6) is 0.648. The van der Waals surface area contributed by atoms with Crippen LogP contribution in [0.5, 0.6) is 0 Å². The molecular formula is C8H13NO3. The number of carbonyl (C=O) groups is 1. The van der Waals surface area contributed by atoms with Crippen molar-refractivity contribution in [2.24, 2.45) is 5.92 Å². The van der Waals surface area contributed by atoms with E-state index >= 15 is 0 Å². The largest absolute Gasteiger partial charge is 0.507 e. The van der Waals surface area contributed by atoms with Crippen LogP contribution in [0.4, 0.5) is 4.79 Å². The lowest BCUT2D eigenvalue weighted by molar-refractivity contribution is 0.0420. The first-order valence-corrected chi connectivity index (χ1v) is 4.41. The molecule has 68 valence electrons. The third-order valence-corrected chi connectivity index (χ3v) is 2.82. The van der Waals surface area contributed by atoms with Crippen LogP contribution in [0.2, 0.25) is 0 Å². The molecule has 2 fully saturated rings. The van der Waals surface area contributed by atoms with Crippen LogP contribution < -0.4 is 5.32 Å². The van der Waals surface area contributed by atoms with Crippen LogP contribution in [-0.4, -0.2) is 23.5 Å². The van der Waals surface area contributed by atoms with Crippen molar-refractivity contribution in [1.29, 1.82) is 0 Å². The van der Waals surface area contributed by atoms with Gasteiger partial charge in [-0.2, -0.15) is 0 Å². The molecule has 1 saturated carbocycles. The second-order valence-electron chi connectivity index (χ2n) is 3.57. The summed E-state index contributed by atoms with van der Waals surface area (Å²) in [5, 5.41) is 11.6. The topological polar surface area (TPSA) is 58.6 Å². The van der Waals surface area contributed by atoms with Crippen LogP contribution in [0.25, 0.3) is 0 Å². The molecule has 2 N–H and O–H groups in total. The Balaban J connectivity index is 1.86. The summed E-state index contributed by atoms with van der Waals surface area (Å²) >= 11 is 0. The van der Waals surface area contributed by atoms with E-state index in [-0.39, 0.29) is 6.23 Å². The van der Waals surface area contributed by atoms with Gasteiger partial charge in [-0.1, -0.05) is 6.42 Å². The molecule has 1 saturated heterocycles. The molecule has 0 radical (unpaired) electrons. The molecule has 0 spiro atoms. The Bertz CT molecular complexity index is 183. The molecule has 1 aliphatic heterocycles. The second-order valence-corrected chi connectivity index (χ2v) is 3.57. The zero-order valence-corrected chi connectivity index (χ0v) is 6.82. The van der Waals surface area contributed by atoms with Crippen LogP contribution in [-0.2, 0) is 4.74 Å². The Morgan fingerprint density at radius 3 is 3.00 bits per heavy atom. The molecule has 2 aliphatic rings. The van der Waals surface area contributed by atoms with Gasteiger partial charge in [0.15, 0.2) is 6.23 Å². The monoisotopic (exact) mass is 171 g/mol. The van der Waals surface area contributed by atoms with E-state index in [1.165, 1.54) is 19.3 Å². The molecule has 0 bridgehead atoms. The van der Waals surface area contributed by atoms with Crippen molar-refractivity contribution in [3.8, 4) is 0 Å². The van der Waals surface area contributed by atoms with Crippen molar-refractivity contribution in [2.75, 3.05) is 0 Å². The van der Waals surface area contributed by atoms with Crippen LogP contribution in [0.3, 0.4) is 0 Å². The number of ether oxygens (including phenoxy) is 1. The fourth-order valence-corrected chi connectivity index (χ4v) is 2.32. The summed E-state index contributed by atoms with van der Waals surface area (Å²) in [5.41, 5.74) is 0. The van der Waals surface area contributed by atoms with Crippen molar-refractivity contribution in [3.05, 3.63) is 0 Å². The lowest BCUT2D eigenvalue weighted by Crippen LogP contribution is -2.32. The summed E-state index contributed by atoms with van der Waals surface area (Å²) in [6.07, 6.45) is 3.09. The van der Waals surface area contributed by atoms with Crippen molar-refractivity contribution >= 4 is 6.16 Å². The normalized spacial score (nSPS) is 39.5. The third-order valence-electron chi connectivity index (χ3n) is 2.82. The molecule has 0 aromatic heterocycles. The van der Waals surface area contributed by atoms with E-state index in [0.29, 0.717) is 12.0 Å². The van der Waals surface area contributed by atoms with Gasteiger partial charge in [-0.25, -0.2) is 4.79 Å². The van der Waals surface area contributed by atoms with Gasteiger partial charge in [-0.15, -0.1) is 0 Å². The molecule has 4 heteroatoms. The fourth-order valence-electron chi connectivity index (χ4n) is 2.32. The SMILES string of the molecule is O=C(O)OC1C[C@@H]2CCCC2N1.